The maximum Gasteiger partial charge on any atom is 0.512 e. The zero-order chi connectivity index (χ0) is 6.69. The maximum absolute atomic E-state index is 9.80. The fraction of sp³-hybridized carbons (Fsp3) is 0. The van der Waals surface area contributed by atoms with Gasteiger partial charge in [0.05, 0.1) is 12.5 Å². The molecule has 0 unspecified atom stereocenters. The van der Waals surface area contributed by atoms with E-state index in [1.165, 1.54) is 12.5 Å². The Morgan fingerprint density at radius 2 is 2.67 bits per heavy atom. The van der Waals surface area contributed by atoms with E-state index in [-0.39, 0.29) is 5.88 Å². The first-order valence-corrected chi connectivity index (χ1v) is 2.18. The second kappa shape index (κ2) is 2.17. The van der Waals surface area contributed by atoms with E-state index in [0.717, 1.165) is 0 Å². The molecule has 0 atom stereocenters. The molecule has 1 heterocycles. The molecule has 0 aromatic carbocycles. The molecule has 2 N–H and O–H groups in total. The van der Waals surface area contributed by atoms with Gasteiger partial charge in [-0.3, -0.25) is 0 Å². The van der Waals surface area contributed by atoms with E-state index in [4.69, 9.17) is 5.11 Å². The van der Waals surface area contributed by atoms with Crippen LogP contribution in [0.3, 0.4) is 0 Å². The summed E-state index contributed by atoms with van der Waals surface area (Å²) in [5.74, 6) is 0.127. The monoisotopic (exact) mass is 128 g/mol. The first-order chi connectivity index (χ1) is 4.29. The van der Waals surface area contributed by atoms with Crippen molar-refractivity contribution in [1.29, 1.82) is 0 Å². The second-order valence-corrected chi connectivity index (χ2v) is 1.28. The lowest BCUT2D eigenvalue weighted by molar-refractivity contribution is 0.143. The fourth-order valence-electron chi connectivity index (χ4n) is 0.393. The third-order valence-corrected chi connectivity index (χ3v) is 0.670. The van der Waals surface area contributed by atoms with E-state index in [2.05, 4.69) is 14.7 Å². The molecule has 48 valence electrons. The van der Waals surface area contributed by atoms with E-state index in [1.807, 2.05) is 0 Å². The van der Waals surface area contributed by atoms with Crippen LogP contribution in [0.25, 0.3) is 0 Å². The average Bonchev–Trinajstić information content (AvgIpc) is 2.15. The van der Waals surface area contributed by atoms with Crippen LogP contribution in [-0.4, -0.2) is 21.2 Å². The Labute approximate surface area is 50.3 Å². The van der Waals surface area contributed by atoms with Crippen LogP contribution in [0.4, 0.5) is 4.79 Å². The number of carbonyl (C=O) groups is 1. The van der Waals surface area contributed by atoms with E-state index < -0.39 is 6.16 Å². The number of imidazole rings is 1. The summed E-state index contributed by atoms with van der Waals surface area (Å²) in [6.45, 7) is 0. The van der Waals surface area contributed by atoms with Gasteiger partial charge in [0, 0.05) is 0 Å². The number of hydrogen-bond acceptors (Lipinski definition) is 3. The number of H-pyrrole nitrogens is 1. The van der Waals surface area contributed by atoms with Crippen molar-refractivity contribution in [3.05, 3.63) is 12.5 Å². The van der Waals surface area contributed by atoms with Gasteiger partial charge >= 0.3 is 6.16 Å². The van der Waals surface area contributed by atoms with Crippen LogP contribution in [0.2, 0.25) is 0 Å². The molecule has 0 aliphatic heterocycles. The van der Waals surface area contributed by atoms with Crippen LogP contribution in [0.1, 0.15) is 0 Å². The predicted molar refractivity (Wildman–Crippen MR) is 27.2 cm³/mol. The Bertz CT molecular complexity index is 194. The van der Waals surface area contributed by atoms with Crippen LogP contribution in [0, 0.1) is 0 Å². The standard InChI is InChI=1S/C4H4N2O3/c7-4(8)9-3-1-5-2-6-3/h1-2H,(H,5,6)(H,7,8). The number of aromatic amines is 1. The second-order valence-electron chi connectivity index (χ2n) is 1.28. The third-order valence-electron chi connectivity index (χ3n) is 0.670. The van der Waals surface area contributed by atoms with Gasteiger partial charge in [0.25, 0.3) is 0 Å². The highest BCUT2D eigenvalue weighted by molar-refractivity contribution is 5.59. The smallest absolute Gasteiger partial charge is 0.449 e. The van der Waals surface area contributed by atoms with Gasteiger partial charge in [0.15, 0.2) is 0 Å². The molecule has 0 bridgehead atoms. The first-order valence-electron chi connectivity index (χ1n) is 2.18. The molecule has 0 spiro atoms. The van der Waals surface area contributed by atoms with Crippen LogP contribution in [0.5, 0.6) is 5.88 Å². The molecule has 1 aromatic heterocycles. The SMILES string of the molecule is O=C(O)Oc1cnc[nH]1. The van der Waals surface area contributed by atoms with Crippen molar-refractivity contribution in [2.24, 2.45) is 0 Å². The summed E-state index contributed by atoms with van der Waals surface area (Å²) >= 11 is 0. The van der Waals surface area contributed by atoms with Gasteiger partial charge in [-0.15, -0.1) is 0 Å². The third kappa shape index (κ3) is 1.45. The summed E-state index contributed by atoms with van der Waals surface area (Å²) in [6.07, 6.45) is 1.26. The lowest BCUT2D eigenvalue weighted by Gasteiger charge is -1.89. The number of nitrogens with one attached hydrogen (secondary N) is 1. The summed E-state index contributed by atoms with van der Waals surface area (Å²) in [7, 11) is 0. The number of hydrogen-bond donors (Lipinski definition) is 2. The minimum absolute atomic E-state index is 0.127. The minimum atomic E-state index is -1.35. The van der Waals surface area contributed by atoms with Gasteiger partial charge in [0.2, 0.25) is 5.88 Å². The number of carboxylic acid groups (broad SMARTS) is 1. The summed E-state index contributed by atoms with van der Waals surface area (Å²) in [5, 5.41) is 8.02. The zero-order valence-corrected chi connectivity index (χ0v) is 4.37. The van der Waals surface area contributed by atoms with Crippen molar-refractivity contribution in [3.63, 3.8) is 0 Å². The summed E-state index contributed by atoms with van der Waals surface area (Å²) in [6, 6.07) is 0. The Morgan fingerprint density at radius 3 is 3.11 bits per heavy atom. The lowest BCUT2D eigenvalue weighted by atomic mass is 10.8. The van der Waals surface area contributed by atoms with E-state index in [9.17, 15) is 4.79 Å². The van der Waals surface area contributed by atoms with Crippen molar-refractivity contribution in [2.75, 3.05) is 0 Å². The zero-order valence-electron chi connectivity index (χ0n) is 4.37. The van der Waals surface area contributed by atoms with E-state index in [0.29, 0.717) is 0 Å². The molecule has 0 saturated heterocycles. The Hall–Kier alpha value is -1.52. The van der Waals surface area contributed by atoms with Gasteiger partial charge < -0.3 is 14.8 Å². The molecule has 0 aliphatic carbocycles. The topological polar surface area (TPSA) is 75.2 Å². The van der Waals surface area contributed by atoms with Gasteiger partial charge in [-0.05, 0) is 0 Å². The van der Waals surface area contributed by atoms with Crippen molar-refractivity contribution >= 4 is 6.16 Å². The molecule has 0 aliphatic rings. The molecule has 0 saturated carbocycles. The molecule has 0 amide bonds. The van der Waals surface area contributed by atoms with Crippen molar-refractivity contribution in [2.45, 2.75) is 0 Å². The predicted octanol–water partition coefficient (Wildman–Crippen LogP) is 0.466. The first kappa shape index (κ1) is 5.61. The van der Waals surface area contributed by atoms with E-state index >= 15 is 0 Å². The molecule has 1 rings (SSSR count). The molecular formula is C4H4N2O3. The van der Waals surface area contributed by atoms with Crippen molar-refractivity contribution in [3.8, 4) is 5.88 Å². The Balaban J connectivity index is 2.58. The Morgan fingerprint density at radius 1 is 1.89 bits per heavy atom. The van der Waals surface area contributed by atoms with Gasteiger partial charge in [0.1, 0.15) is 0 Å². The van der Waals surface area contributed by atoms with Crippen molar-refractivity contribution in [1.82, 2.24) is 9.97 Å². The minimum Gasteiger partial charge on any atom is -0.449 e. The molecule has 5 nitrogen and oxygen atoms in total. The number of ether oxygens (including phenoxy) is 1. The highest BCUT2D eigenvalue weighted by Gasteiger charge is 1.98. The van der Waals surface area contributed by atoms with Gasteiger partial charge in [-0.25, -0.2) is 9.78 Å². The number of aromatic nitrogens is 2. The Kier molecular flexibility index (Phi) is 1.35. The molecule has 5 heteroatoms. The number of rotatable bonds is 1. The lowest BCUT2D eigenvalue weighted by Crippen LogP contribution is -2.02. The quantitative estimate of drug-likeness (QED) is 0.539. The average molecular weight is 128 g/mol. The summed E-state index contributed by atoms with van der Waals surface area (Å²) in [4.78, 5) is 15.8. The van der Waals surface area contributed by atoms with E-state index in [1.54, 1.807) is 0 Å². The summed E-state index contributed by atoms with van der Waals surface area (Å²) < 4.78 is 4.15. The normalized spacial score (nSPS) is 8.89. The summed E-state index contributed by atoms with van der Waals surface area (Å²) in [5.41, 5.74) is 0. The van der Waals surface area contributed by atoms with Gasteiger partial charge in [-0.1, -0.05) is 0 Å². The molecule has 0 fully saturated rings. The highest BCUT2D eigenvalue weighted by Crippen LogP contribution is 2.00. The van der Waals surface area contributed by atoms with Crippen LogP contribution < -0.4 is 4.74 Å². The molecular weight excluding hydrogens is 124 g/mol. The fourth-order valence-corrected chi connectivity index (χ4v) is 0.393. The van der Waals surface area contributed by atoms with Crippen LogP contribution >= 0.6 is 0 Å². The van der Waals surface area contributed by atoms with Gasteiger partial charge in [-0.2, -0.15) is 0 Å². The molecule has 9 heavy (non-hydrogen) atoms. The highest BCUT2D eigenvalue weighted by atomic mass is 16.7. The molecule has 0 radical (unpaired) electrons. The molecule has 1 aromatic rings. The van der Waals surface area contributed by atoms with Crippen molar-refractivity contribution < 1.29 is 14.6 Å². The van der Waals surface area contributed by atoms with Crippen LogP contribution in [0.15, 0.2) is 12.5 Å². The van der Waals surface area contributed by atoms with Crippen LogP contribution in [-0.2, 0) is 0 Å². The largest absolute Gasteiger partial charge is 0.512 e. The maximum atomic E-state index is 9.80. The number of nitrogens with zero attached hydrogens (tertiary/aromatic N) is 1.